The molecule has 0 amide bonds. The Balaban J connectivity index is 2.23. The second kappa shape index (κ2) is 5.90. The Morgan fingerprint density at radius 3 is 2.50 bits per heavy atom. The first-order chi connectivity index (χ1) is 8.85. The first-order valence-corrected chi connectivity index (χ1v) is 5.76. The van der Waals surface area contributed by atoms with Gasteiger partial charge in [0, 0.05) is 36.9 Å². The van der Waals surface area contributed by atoms with Crippen LogP contribution in [0.5, 0.6) is 5.88 Å². The Bertz CT molecular complexity index is 500. The van der Waals surface area contributed by atoms with Gasteiger partial charge < -0.3 is 10.1 Å². The molecule has 2 rings (SSSR count). The number of hydrogen-bond donors (Lipinski definition) is 1. The number of nitrogens with one attached hydrogen (secondary N) is 1. The number of hydrogen-bond acceptors (Lipinski definition) is 6. The molecule has 2 heterocycles. The molecule has 6 heteroatoms. The summed E-state index contributed by atoms with van der Waals surface area (Å²) in [6.45, 7) is 2.94. The van der Waals surface area contributed by atoms with Gasteiger partial charge >= 0.3 is 0 Å². The zero-order valence-electron chi connectivity index (χ0n) is 10.4. The Hall–Kier alpha value is -2.24. The molecule has 0 aromatic carbocycles. The van der Waals surface area contributed by atoms with E-state index < -0.39 is 0 Å². The third-order valence-electron chi connectivity index (χ3n) is 2.32. The van der Waals surface area contributed by atoms with Crippen molar-refractivity contribution in [1.82, 2.24) is 19.9 Å². The van der Waals surface area contributed by atoms with E-state index in [0.29, 0.717) is 17.5 Å². The van der Waals surface area contributed by atoms with Gasteiger partial charge in [-0.1, -0.05) is 6.92 Å². The summed E-state index contributed by atoms with van der Waals surface area (Å²) in [5, 5.41) is 3.11. The summed E-state index contributed by atoms with van der Waals surface area (Å²) in [6.07, 6.45) is 7.64. The summed E-state index contributed by atoms with van der Waals surface area (Å²) in [4.78, 5) is 16.8. The summed E-state index contributed by atoms with van der Waals surface area (Å²) in [5.74, 6) is 1.08. The number of methoxy groups -OCH3 is 1. The van der Waals surface area contributed by atoms with E-state index in [4.69, 9.17) is 4.74 Å². The molecular formula is C12H15N5O. The zero-order chi connectivity index (χ0) is 12.8. The van der Waals surface area contributed by atoms with Gasteiger partial charge in [0.1, 0.15) is 5.69 Å². The van der Waals surface area contributed by atoms with Gasteiger partial charge in [-0.25, -0.2) is 19.9 Å². The van der Waals surface area contributed by atoms with E-state index >= 15 is 0 Å². The van der Waals surface area contributed by atoms with Gasteiger partial charge in [0.25, 0.3) is 0 Å². The van der Waals surface area contributed by atoms with Crippen molar-refractivity contribution in [3.05, 3.63) is 24.8 Å². The second-order valence-corrected chi connectivity index (χ2v) is 3.64. The highest BCUT2D eigenvalue weighted by atomic mass is 16.5. The Kier molecular flexibility index (Phi) is 4.01. The highest BCUT2D eigenvalue weighted by Gasteiger charge is 2.08. The van der Waals surface area contributed by atoms with Crippen LogP contribution in [0, 0.1) is 0 Å². The minimum Gasteiger partial charge on any atom is -0.479 e. The fourth-order valence-corrected chi connectivity index (χ4v) is 1.45. The topological polar surface area (TPSA) is 72.8 Å². The van der Waals surface area contributed by atoms with Crippen LogP contribution in [0.4, 0.5) is 5.95 Å². The summed E-state index contributed by atoms with van der Waals surface area (Å²) in [6, 6.07) is 0. The predicted octanol–water partition coefficient (Wildman–Crippen LogP) is 1.76. The lowest BCUT2D eigenvalue weighted by Gasteiger charge is -2.06. The van der Waals surface area contributed by atoms with Crippen molar-refractivity contribution in [2.24, 2.45) is 0 Å². The van der Waals surface area contributed by atoms with Gasteiger partial charge in [-0.15, -0.1) is 0 Å². The van der Waals surface area contributed by atoms with Gasteiger partial charge in [-0.2, -0.15) is 0 Å². The monoisotopic (exact) mass is 245 g/mol. The van der Waals surface area contributed by atoms with Crippen LogP contribution in [0.15, 0.2) is 24.8 Å². The summed E-state index contributed by atoms with van der Waals surface area (Å²) < 4.78 is 5.15. The Morgan fingerprint density at radius 2 is 1.83 bits per heavy atom. The fourth-order valence-electron chi connectivity index (χ4n) is 1.45. The molecule has 0 radical (unpaired) electrons. The van der Waals surface area contributed by atoms with E-state index in [0.717, 1.165) is 18.5 Å². The molecule has 0 saturated heterocycles. The Morgan fingerprint density at radius 1 is 1.11 bits per heavy atom. The van der Waals surface area contributed by atoms with Crippen LogP contribution >= 0.6 is 0 Å². The van der Waals surface area contributed by atoms with Crippen LogP contribution in [0.25, 0.3) is 11.3 Å². The highest BCUT2D eigenvalue weighted by Crippen LogP contribution is 2.23. The largest absolute Gasteiger partial charge is 0.479 e. The molecule has 6 nitrogen and oxygen atoms in total. The van der Waals surface area contributed by atoms with E-state index in [1.807, 2.05) is 0 Å². The molecule has 0 bridgehead atoms. The third-order valence-corrected chi connectivity index (χ3v) is 2.32. The molecule has 0 aliphatic rings. The molecule has 2 aromatic heterocycles. The minimum atomic E-state index is 0.468. The average molecular weight is 245 g/mol. The highest BCUT2D eigenvalue weighted by molar-refractivity contribution is 5.62. The van der Waals surface area contributed by atoms with Crippen LogP contribution in [0.2, 0.25) is 0 Å². The molecule has 0 atom stereocenters. The SMILES string of the molecule is CCCNc1ncc(-c2nccnc2OC)cn1. The van der Waals surface area contributed by atoms with Crippen LogP contribution < -0.4 is 10.1 Å². The molecule has 0 aliphatic heterocycles. The molecule has 18 heavy (non-hydrogen) atoms. The quantitative estimate of drug-likeness (QED) is 0.865. The predicted molar refractivity (Wildman–Crippen MR) is 68.4 cm³/mol. The van der Waals surface area contributed by atoms with Crippen LogP contribution in [-0.2, 0) is 0 Å². The molecule has 1 N–H and O–H groups in total. The standard InChI is InChI=1S/C12H15N5O/c1-3-4-15-12-16-7-9(8-17-12)10-11(18-2)14-6-5-13-10/h5-8H,3-4H2,1-2H3,(H,15,16,17). The van der Waals surface area contributed by atoms with Gasteiger partial charge in [0.2, 0.25) is 11.8 Å². The van der Waals surface area contributed by atoms with Crippen molar-refractivity contribution in [1.29, 1.82) is 0 Å². The van der Waals surface area contributed by atoms with Gasteiger partial charge in [0.15, 0.2) is 0 Å². The molecular weight excluding hydrogens is 230 g/mol. The molecule has 0 saturated carbocycles. The van der Waals surface area contributed by atoms with Crippen molar-refractivity contribution in [2.75, 3.05) is 19.0 Å². The number of rotatable bonds is 5. The van der Waals surface area contributed by atoms with Crippen molar-refractivity contribution in [3.8, 4) is 17.1 Å². The van der Waals surface area contributed by atoms with Crippen molar-refractivity contribution >= 4 is 5.95 Å². The van der Waals surface area contributed by atoms with E-state index in [-0.39, 0.29) is 0 Å². The van der Waals surface area contributed by atoms with Crippen molar-refractivity contribution in [2.45, 2.75) is 13.3 Å². The zero-order valence-corrected chi connectivity index (χ0v) is 10.4. The van der Waals surface area contributed by atoms with Gasteiger partial charge in [-0.05, 0) is 6.42 Å². The number of ether oxygens (including phenoxy) is 1. The smallest absolute Gasteiger partial charge is 0.240 e. The maximum atomic E-state index is 5.15. The van der Waals surface area contributed by atoms with Gasteiger partial charge in [0.05, 0.1) is 7.11 Å². The first-order valence-electron chi connectivity index (χ1n) is 5.76. The second-order valence-electron chi connectivity index (χ2n) is 3.64. The number of aromatic nitrogens is 4. The molecule has 94 valence electrons. The fraction of sp³-hybridized carbons (Fsp3) is 0.333. The molecule has 0 fully saturated rings. The normalized spacial score (nSPS) is 10.1. The lowest BCUT2D eigenvalue weighted by atomic mass is 10.2. The molecule has 0 unspecified atom stereocenters. The van der Waals surface area contributed by atoms with Crippen LogP contribution in [0.3, 0.4) is 0 Å². The molecule has 0 spiro atoms. The first kappa shape index (κ1) is 12.2. The molecule has 2 aromatic rings. The van der Waals surface area contributed by atoms with Crippen LogP contribution in [0.1, 0.15) is 13.3 Å². The maximum absolute atomic E-state index is 5.15. The summed E-state index contributed by atoms with van der Waals surface area (Å²) in [7, 11) is 1.56. The summed E-state index contributed by atoms with van der Waals surface area (Å²) >= 11 is 0. The molecule has 0 aliphatic carbocycles. The van der Waals surface area contributed by atoms with Crippen molar-refractivity contribution in [3.63, 3.8) is 0 Å². The van der Waals surface area contributed by atoms with Crippen molar-refractivity contribution < 1.29 is 4.74 Å². The maximum Gasteiger partial charge on any atom is 0.240 e. The van der Waals surface area contributed by atoms with E-state index in [1.165, 1.54) is 0 Å². The van der Waals surface area contributed by atoms with E-state index in [9.17, 15) is 0 Å². The summed E-state index contributed by atoms with van der Waals surface area (Å²) in [5.41, 5.74) is 1.42. The average Bonchev–Trinajstić information content (AvgIpc) is 2.45. The van der Waals surface area contributed by atoms with Gasteiger partial charge in [-0.3, -0.25) is 0 Å². The number of nitrogens with zero attached hydrogens (tertiary/aromatic N) is 4. The Labute approximate surface area is 105 Å². The third kappa shape index (κ3) is 2.71. The number of anilines is 1. The van der Waals surface area contributed by atoms with E-state index in [1.54, 1.807) is 31.9 Å². The lowest BCUT2D eigenvalue weighted by Crippen LogP contribution is -2.04. The lowest BCUT2D eigenvalue weighted by molar-refractivity contribution is 0.397. The minimum absolute atomic E-state index is 0.468. The van der Waals surface area contributed by atoms with E-state index in [2.05, 4.69) is 32.2 Å². The van der Waals surface area contributed by atoms with Crippen LogP contribution in [-0.4, -0.2) is 33.6 Å².